The summed E-state index contributed by atoms with van der Waals surface area (Å²) in [6.45, 7) is 6.16. The average Bonchev–Trinajstić information content (AvgIpc) is 2.85. The van der Waals surface area contributed by atoms with Gasteiger partial charge in [0.1, 0.15) is 5.75 Å². The number of benzene rings is 3. The number of hydrogen-bond donors (Lipinski definition) is 1. The van der Waals surface area contributed by atoms with Gasteiger partial charge in [-0.15, -0.1) is 0 Å². The number of carbonyl (C=O) groups is 1. The molecule has 34 heavy (non-hydrogen) atoms. The lowest BCUT2D eigenvalue weighted by Crippen LogP contribution is -2.49. The lowest BCUT2D eigenvalue weighted by molar-refractivity contribution is 0.0745. The minimum Gasteiger partial charge on any atom is -0.495 e. The van der Waals surface area contributed by atoms with Gasteiger partial charge in [0.15, 0.2) is 0 Å². The Morgan fingerprint density at radius 1 is 0.912 bits per heavy atom. The topological polar surface area (TPSA) is 79.0 Å². The number of methoxy groups -OCH3 is 1. The number of amides is 1. The molecule has 0 atom stereocenters. The number of hydrogen-bond acceptors (Lipinski definition) is 5. The van der Waals surface area contributed by atoms with Crippen LogP contribution >= 0.6 is 0 Å². The van der Waals surface area contributed by atoms with Crippen molar-refractivity contribution in [3.63, 3.8) is 0 Å². The maximum absolute atomic E-state index is 13.3. The van der Waals surface area contributed by atoms with Crippen LogP contribution in [0.3, 0.4) is 0 Å². The quantitative estimate of drug-likeness (QED) is 0.577. The maximum Gasteiger partial charge on any atom is 0.261 e. The Morgan fingerprint density at radius 2 is 1.59 bits per heavy atom. The molecule has 3 aromatic carbocycles. The molecule has 1 amide bonds. The van der Waals surface area contributed by atoms with Crippen LogP contribution in [0, 0.1) is 13.8 Å². The van der Waals surface area contributed by atoms with E-state index in [1.165, 1.54) is 12.1 Å². The molecule has 1 fully saturated rings. The number of anilines is 2. The number of rotatable bonds is 6. The molecule has 0 saturated carbocycles. The van der Waals surface area contributed by atoms with Gasteiger partial charge in [0.2, 0.25) is 0 Å². The number of aryl methyl sites for hydroxylation is 2. The first-order chi connectivity index (χ1) is 16.3. The Hall–Kier alpha value is -3.52. The Bertz CT molecular complexity index is 1280. The number of sulfonamides is 1. The first-order valence-electron chi connectivity index (χ1n) is 11.2. The van der Waals surface area contributed by atoms with E-state index in [2.05, 4.69) is 9.62 Å². The molecule has 3 aromatic rings. The third-order valence-electron chi connectivity index (χ3n) is 6.05. The van der Waals surface area contributed by atoms with Gasteiger partial charge in [0.25, 0.3) is 15.9 Å². The summed E-state index contributed by atoms with van der Waals surface area (Å²) in [4.78, 5) is 17.4. The summed E-state index contributed by atoms with van der Waals surface area (Å²) >= 11 is 0. The van der Waals surface area contributed by atoms with Crippen molar-refractivity contribution in [1.82, 2.24) is 4.90 Å². The van der Waals surface area contributed by atoms with Gasteiger partial charge in [0, 0.05) is 37.4 Å². The summed E-state index contributed by atoms with van der Waals surface area (Å²) in [7, 11) is -2.18. The fraction of sp³-hybridized carbons (Fsp3) is 0.269. The average molecular weight is 480 g/mol. The number of nitrogens with one attached hydrogen (secondary N) is 1. The number of ether oxygens (including phenoxy) is 1. The molecule has 1 aliphatic rings. The van der Waals surface area contributed by atoms with Crippen molar-refractivity contribution in [3.8, 4) is 5.75 Å². The summed E-state index contributed by atoms with van der Waals surface area (Å²) in [6, 6.07) is 19.6. The van der Waals surface area contributed by atoms with Crippen LogP contribution in [-0.2, 0) is 10.0 Å². The summed E-state index contributed by atoms with van der Waals surface area (Å²) in [5.74, 6) is 0.640. The lowest BCUT2D eigenvalue weighted by Gasteiger charge is -2.36. The van der Waals surface area contributed by atoms with Crippen LogP contribution in [0.25, 0.3) is 0 Å². The number of carbonyl (C=O) groups excluding carboxylic acids is 1. The molecule has 4 rings (SSSR count). The van der Waals surface area contributed by atoms with E-state index in [0.717, 1.165) is 22.6 Å². The molecule has 0 bridgehead atoms. The van der Waals surface area contributed by atoms with Gasteiger partial charge < -0.3 is 14.5 Å². The highest BCUT2D eigenvalue weighted by atomic mass is 32.2. The van der Waals surface area contributed by atoms with Gasteiger partial charge in [-0.05, 0) is 55.8 Å². The standard InChI is InChI=1S/C26H29N3O4S/c1-19-8-11-21(12-9-19)27-34(31,32)22-13-10-20(2)23(18-22)26(30)29-16-14-28(15-17-29)24-6-4-5-7-25(24)33-3/h4-13,18,27H,14-17H2,1-3H3. The molecule has 0 radical (unpaired) electrons. The molecule has 1 aliphatic heterocycles. The third-order valence-corrected chi connectivity index (χ3v) is 7.43. The highest BCUT2D eigenvalue weighted by Crippen LogP contribution is 2.29. The summed E-state index contributed by atoms with van der Waals surface area (Å²) in [6.07, 6.45) is 0. The van der Waals surface area contributed by atoms with Crippen molar-refractivity contribution in [3.05, 3.63) is 83.4 Å². The molecule has 8 heteroatoms. The molecular weight excluding hydrogens is 450 g/mol. The van der Waals surface area contributed by atoms with E-state index < -0.39 is 10.0 Å². The molecule has 0 aliphatic carbocycles. The van der Waals surface area contributed by atoms with E-state index in [-0.39, 0.29) is 10.8 Å². The Labute approximate surface area is 201 Å². The molecule has 1 saturated heterocycles. The van der Waals surface area contributed by atoms with Crippen molar-refractivity contribution < 1.29 is 17.9 Å². The Balaban J connectivity index is 1.49. The minimum absolute atomic E-state index is 0.0645. The lowest BCUT2D eigenvalue weighted by atomic mass is 10.1. The van der Waals surface area contributed by atoms with Crippen LogP contribution in [0.15, 0.2) is 71.6 Å². The largest absolute Gasteiger partial charge is 0.495 e. The van der Waals surface area contributed by atoms with Gasteiger partial charge in [-0.3, -0.25) is 9.52 Å². The first kappa shape index (κ1) is 23.6. The monoisotopic (exact) mass is 479 g/mol. The van der Waals surface area contributed by atoms with Gasteiger partial charge in [0.05, 0.1) is 17.7 Å². The molecule has 0 aromatic heterocycles. The number of nitrogens with zero attached hydrogens (tertiary/aromatic N) is 2. The highest BCUT2D eigenvalue weighted by molar-refractivity contribution is 7.92. The minimum atomic E-state index is -3.83. The van der Waals surface area contributed by atoms with E-state index in [0.29, 0.717) is 37.4 Å². The van der Waals surface area contributed by atoms with E-state index in [1.54, 1.807) is 30.2 Å². The van der Waals surface area contributed by atoms with Crippen LogP contribution in [0.4, 0.5) is 11.4 Å². The summed E-state index contributed by atoms with van der Waals surface area (Å²) in [5.41, 5.74) is 3.66. The van der Waals surface area contributed by atoms with E-state index >= 15 is 0 Å². The fourth-order valence-electron chi connectivity index (χ4n) is 4.05. The normalized spacial score (nSPS) is 14.1. The van der Waals surface area contributed by atoms with Crippen LogP contribution in [0.5, 0.6) is 5.75 Å². The van der Waals surface area contributed by atoms with Crippen molar-refractivity contribution in [2.24, 2.45) is 0 Å². The van der Waals surface area contributed by atoms with E-state index in [4.69, 9.17) is 4.74 Å². The predicted octanol–water partition coefficient (Wildman–Crippen LogP) is 4.08. The molecule has 1 heterocycles. The third kappa shape index (κ3) is 5.02. The number of para-hydroxylation sites is 2. The zero-order valence-electron chi connectivity index (χ0n) is 19.6. The second-order valence-electron chi connectivity index (χ2n) is 8.40. The van der Waals surface area contributed by atoms with Gasteiger partial charge in [-0.25, -0.2) is 8.42 Å². The van der Waals surface area contributed by atoms with Crippen molar-refractivity contribution in [2.45, 2.75) is 18.7 Å². The van der Waals surface area contributed by atoms with Crippen molar-refractivity contribution >= 4 is 27.3 Å². The van der Waals surface area contributed by atoms with Crippen LogP contribution < -0.4 is 14.4 Å². The predicted molar refractivity (Wildman–Crippen MR) is 134 cm³/mol. The zero-order chi connectivity index (χ0) is 24.3. The fourth-order valence-corrected chi connectivity index (χ4v) is 5.13. The van der Waals surface area contributed by atoms with Crippen LogP contribution in [-0.4, -0.2) is 52.5 Å². The first-order valence-corrected chi connectivity index (χ1v) is 12.6. The SMILES string of the molecule is COc1ccccc1N1CCN(C(=O)c2cc(S(=O)(=O)Nc3ccc(C)cc3)ccc2C)CC1. The number of piperazine rings is 1. The van der Waals surface area contributed by atoms with E-state index in [1.807, 2.05) is 50.2 Å². The van der Waals surface area contributed by atoms with Gasteiger partial charge in [-0.2, -0.15) is 0 Å². The second-order valence-corrected chi connectivity index (χ2v) is 10.1. The van der Waals surface area contributed by atoms with Gasteiger partial charge in [-0.1, -0.05) is 35.9 Å². The van der Waals surface area contributed by atoms with Crippen LogP contribution in [0.1, 0.15) is 21.5 Å². The molecule has 0 spiro atoms. The van der Waals surface area contributed by atoms with Gasteiger partial charge >= 0.3 is 0 Å². The smallest absolute Gasteiger partial charge is 0.261 e. The summed E-state index contributed by atoms with van der Waals surface area (Å²) in [5, 5.41) is 0. The molecule has 178 valence electrons. The molecule has 1 N–H and O–H groups in total. The van der Waals surface area contributed by atoms with Crippen LogP contribution in [0.2, 0.25) is 0 Å². The maximum atomic E-state index is 13.3. The molecular formula is C26H29N3O4S. The highest BCUT2D eigenvalue weighted by Gasteiger charge is 2.26. The molecule has 7 nitrogen and oxygen atoms in total. The zero-order valence-corrected chi connectivity index (χ0v) is 20.4. The second kappa shape index (κ2) is 9.77. The molecule has 0 unspecified atom stereocenters. The van der Waals surface area contributed by atoms with Crippen molar-refractivity contribution in [1.29, 1.82) is 0 Å². The Kier molecular flexibility index (Phi) is 6.79. The Morgan fingerprint density at radius 3 is 2.26 bits per heavy atom. The summed E-state index contributed by atoms with van der Waals surface area (Å²) < 4.78 is 34.0. The van der Waals surface area contributed by atoms with E-state index in [9.17, 15) is 13.2 Å². The van der Waals surface area contributed by atoms with Crippen molar-refractivity contribution in [2.75, 3.05) is 42.9 Å².